The van der Waals surface area contributed by atoms with Gasteiger partial charge in [-0.05, 0) is 25.0 Å². The first kappa shape index (κ1) is 16.0. The molecule has 0 saturated carbocycles. The predicted molar refractivity (Wildman–Crippen MR) is 77.5 cm³/mol. The molecule has 1 aromatic rings. The average molecular weight is 315 g/mol. The summed E-state index contributed by atoms with van der Waals surface area (Å²) in [4.78, 5) is 12.1. The molecule has 1 fully saturated rings. The average Bonchev–Trinajstić information content (AvgIpc) is 2.98. The molecule has 0 atom stereocenters. The van der Waals surface area contributed by atoms with Crippen LogP contribution in [0, 0.1) is 5.92 Å². The van der Waals surface area contributed by atoms with E-state index in [-0.39, 0.29) is 11.8 Å². The summed E-state index contributed by atoms with van der Waals surface area (Å²) in [5.74, 6) is 0.512. The lowest BCUT2D eigenvalue weighted by atomic mass is 9.97. The summed E-state index contributed by atoms with van der Waals surface area (Å²) in [5.41, 5.74) is 0. The van der Waals surface area contributed by atoms with Gasteiger partial charge in [-0.25, -0.2) is 0 Å². The SMILES string of the molecule is CN(C)S(=O)(=O)N1CCC(C(=O)NCc2ccco2)CC1. The molecule has 1 aromatic heterocycles. The fourth-order valence-electron chi connectivity index (χ4n) is 2.31. The van der Waals surface area contributed by atoms with Crippen molar-refractivity contribution < 1.29 is 17.6 Å². The van der Waals surface area contributed by atoms with Crippen LogP contribution in [-0.2, 0) is 21.5 Å². The maximum Gasteiger partial charge on any atom is 0.281 e. The number of nitrogens with one attached hydrogen (secondary N) is 1. The third-order valence-electron chi connectivity index (χ3n) is 3.63. The summed E-state index contributed by atoms with van der Waals surface area (Å²) in [5, 5.41) is 2.82. The smallest absolute Gasteiger partial charge is 0.281 e. The second-order valence-corrected chi connectivity index (χ2v) is 7.40. The Bertz CT molecular complexity index is 560. The maximum atomic E-state index is 12.1. The van der Waals surface area contributed by atoms with Gasteiger partial charge in [-0.2, -0.15) is 17.0 Å². The number of hydrogen-bond donors (Lipinski definition) is 1. The molecule has 1 saturated heterocycles. The van der Waals surface area contributed by atoms with Crippen LogP contribution in [0.2, 0.25) is 0 Å². The van der Waals surface area contributed by atoms with E-state index in [1.165, 1.54) is 22.7 Å². The van der Waals surface area contributed by atoms with Crippen molar-refractivity contribution in [2.24, 2.45) is 5.92 Å². The quantitative estimate of drug-likeness (QED) is 0.853. The summed E-state index contributed by atoms with van der Waals surface area (Å²) < 4.78 is 31.7. The Morgan fingerprint density at radius 3 is 2.62 bits per heavy atom. The van der Waals surface area contributed by atoms with Crippen molar-refractivity contribution in [1.29, 1.82) is 0 Å². The van der Waals surface area contributed by atoms with Crippen LogP contribution in [0.1, 0.15) is 18.6 Å². The lowest BCUT2D eigenvalue weighted by Crippen LogP contribution is -2.46. The first-order chi connectivity index (χ1) is 9.91. The van der Waals surface area contributed by atoms with Crippen LogP contribution in [0.5, 0.6) is 0 Å². The Labute approximate surface area is 125 Å². The van der Waals surface area contributed by atoms with Crippen molar-refractivity contribution in [3.63, 3.8) is 0 Å². The van der Waals surface area contributed by atoms with E-state index in [4.69, 9.17) is 4.42 Å². The van der Waals surface area contributed by atoms with Crippen molar-refractivity contribution in [3.05, 3.63) is 24.2 Å². The first-order valence-electron chi connectivity index (χ1n) is 6.89. The molecule has 1 amide bonds. The molecule has 0 aromatic carbocycles. The van der Waals surface area contributed by atoms with Gasteiger partial charge in [0.15, 0.2) is 0 Å². The molecule has 0 aliphatic carbocycles. The molecule has 2 heterocycles. The Kier molecular flexibility index (Phi) is 5.02. The van der Waals surface area contributed by atoms with Crippen molar-refractivity contribution in [3.8, 4) is 0 Å². The molecule has 8 heteroatoms. The van der Waals surface area contributed by atoms with E-state index in [2.05, 4.69) is 5.32 Å². The van der Waals surface area contributed by atoms with Gasteiger partial charge in [0.2, 0.25) is 5.91 Å². The van der Waals surface area contributed by atoms with Crippen molar-refractivity contribution in [1.82, 2.24) is 13.9 Å². The van der Waals surface area contributed by atoms with Crippen LogP contribution in [0.25, 0.3) is 0 Å². The highest BCUT2D eigenvalue weighted by molar-refractivity contribution is 7.86. The molecule has 2 rings (SSSR count). The second-order valence-electron chi connectivity index (χ2n) is 5.26. The van der Waals surface area contributed by atoms with Gasteiger partial charge in [-0.15, -0.1) is 0 Å². The van der Waals surface area contributed by atoms with Gasteiger partial charge in [0, 0.05) is 33.1 Å². The van der Waals surface area contributed by atoms with E-state index in [9.17, 15) is 13.2 Å². The highest BCUT2D eigenvalue weighted by atomic mass is 32.2. The zero-order valence-corrected chi connectivity index (χ0v) is 13.1. The number of amides is 1. The molecule has 0 unspecified atom stereocenters. The molecule has 1 aliphatic heterocycles. The van der Waals surface area contributed by atoms with Gasteiger partial charge >= 0.3 is 0 Å². The zero-order valence-electron chi connectivity index (χ0n) is 12.3. The lowest BCUT2D eigenvalue weighted by Gasteiger charge is -2.32. The van der Waals surface area contributed by atoms with E-state index >= 15 is 0 Å². The van der Waals surface area contributed by atoms with Crippen LogP contribution < -0.4 is 5.32 Å². The Hall–Kier alpha value is -1.38. The van der Waals surface area contributed by atoms with Gasteiger partial charge in [-0.1, -0.05) is 0 Å². The number of carbonyl (C=O) groups is 1. The summed E-state index contributed by atoms with van der Waals surface area (Å²) in [7, 11) is -0.354. The molecule has 7 nitrogen and oxygen atoms in total. The van der Waals surface area contributed by atoms with Crippen LogP contribution >= 0.6 is 0 Å². The Morgan fingerprint density at radius 1 is 1.43 bits per heavy atom. The molecular formula is C13H21N3O4S. The summed E-state index contributed by atoms with van der Waals surface area (Å²) in [6, 6.07) is 3.57. The number of nitrogens with zero attached hydrogens (tertiary/aromatic N) is 2. The standard InChI is InChI=1S/C13H21N3O4S/c1-15(2)21(18,19)16-7-5-11(6-8-16)13(17)14-10-12-4-3-9-20-12/h3-4,9,11H,5-8,10H2,1-2H3,(H,14,17). The highest BCUT2D eigenvalue weighted by Crippen LogP contribution is 2.20. The number of carbonyl (C=O) groups excluding carboxylic acids is 1. The van der Waals surface area contributed by atoms with E-state index in [0.717, 1.165) is 0 Å². The molecule has 1 N–H and O–H groups in total. The number of hydrogen-bond acceptors (Lipinski definition) is 4. The maximum absolute atomic E-state index is 12.1. The summed E-state index contributed by atoms with van der Waals surface area (Å²) >= 11 is 0. The fourth-order valence-corrected chi connectivity index (χ4v) is 3.45. The van der Waals surface area contributed by atoms with Crippen LogP contribution in [0.15, 0.2) is 22.8 Å². The largest absolute Gasteiger partial charge is 0.467 e. The molecule has 118 valence electrons. The van der Waals surface area contributed by atoms with Gasteiger partial charge in [-0.3, -0.25) is 4.79 Å². The van der Waals surface area contributed by atoms with Gasteiger partial charge in [0.05, 0.1) is 12.8 Å². The Balaban J connectivity index is 1.82. The van der Waals surface area contributed by atoms with Crippen LogP contribution in [0.3, 0.4) is 0 Å². The van der Waals surface area contributed by atoms with Gasteiger partial charge in [0.25, 0.3) is 10.2 Å². The number of rotatable bonds is 5. The second kappa shape index (κ2) is 6.59. The molecular weight excluding hydrogens is 294 g/mol. The summed E-state index contributed by atoms with van der Waals surface area (Å²) in [6.45, 7) is 1.11. The molecule has 21 heavy (non-hydrogen) atoms. The minimum absolute atomic E-state index is 0.0479. The first-order valence-corrected chi connectivity index (χ1v) is 8.28. The summed E-state index contributed by atoms with van der Waals surface area (Å²) in [6.07, 6.45) is 2.64. The van der Waals surface area contributed by atoms with Crippen molar-refractivity contribution >= 4 is 16.1 Å². The third kappa shape index (κ3) is 3.84. The van der Waals surface area contributed by atoms with E-state index in [1.807, 2.05) is 0 Å². The van der Waals surface area contributed by atoms with Gasteiger partial charge < -0.3 is 9.73 Å². The monoisotopic (exact) mass is 315 g/mol. The molecule has 1 aliphatic rings. The normalized spacial score (nSPS) is 18.0. The van der Waals surface area contributed by atoms with Crippen molar-refractivity contribution in [2.45, 2.75) is 19.4 Å². The highest BCUT2D eigenvalue weighted by Gasteiger charge is 2.32. The van der Waals surface area contributed by atoms with E-state index in [1.54, 1.807) is 18.4 Å². The van der Waals surface area contributed by atoms with E-state index in [0.29, 0.717) is 38.2 Å². The Morgan fingerprint density at radius 2 is 2.10 bits per heavy atom. The lowest BCUT2D eigenvalue weighted by molar-refractivity contribution is -0.126. The minimum Gasteiger partial charge on any atom is -0.467 e. The van der Waals surface area contributed by atoms with E-state index < -0.39 is 10.2 Å². The zero-order chi connectivity index (χ0) is 15.5. The topological polar surface area (TPSA) is 82.9 Å². The molecule has 0 radical (unpaired) electrons. The third-order valence-corrected chi connectivity index (χ3v) is 5.57. The molecule has 0 bridgehead atoms. The van der Waals surface area contributed by atoms with Crippen molar-refractivity contribution in [2.75, 3.05) is 27.2 Å². The minimum atomic E-state index is -3.38. The van der Waals surface area contributed by atoms with Crippen LogP contribution in [0.4, 0.5) is 0 Å². The van der Waals surface area contributed by atoms with Gasteiger partial charge in [0.1, 0.15) is 5.76 Å². The fraction of sp³-hybridized carbons (Fsp3) is 0.615. The number of furan rings is 1. The predicted octanol–water partition coefficient (Wildman–Crippen LogP) is 0.414. The number of piperidine rings is 1. The molecule has 0 spiro atoms. The van der Waals surface area contributed by atoms with Crippen LogP contribution in [-0.4, -0.2) is 50.1 Å².